The zero-order chi connectivity index (χ0) is 11.6. The number of sulfonamides is 1. The highest BCUT2D eigenvalue weighted by atomic mass is 32.2. The van der Waals surface area contributed by atoms with E-state index in [0.29, 0.717) is 12.5 Å². The molecule has 1 N–H and O–H groups in total. The molecule has 16 heavy (non-hydrogen) atoms. The van der Waals surface area contributed by atoms with Crippen LogP contribution >= 0.6 is 0 Å². The fourth-order valence-corrected chi connectivity index (χ4v) is 4.19. The first-order valence-corrected chi connectivity index (χ1v) is 7.77. The van der Waals surface area contributed by atoms with E-state index in [1.807, 2.05) is 0 Å². The van der Waals surface area contributed by atoms with Gasteiger partial charge in [0.1, 0.15) is 0 Å². The van der Waals surface area contributed by atoms with Crippen molar-refractivity contribution < 1.29 is 8.42 Å². The van der Waals surface area contributed by atoms with E-state index in [1.165, 1.54) is 19.3 Å². The van der Waals surface area contributed by atoms with E-state index in [2.05, 4.69) is 5.32 Å². The summed E-state index contributed by atoms with van der Waals surface area (Å²) < 4.78 is 26.1. The summed E-state index contributed by atoms with van der Waals surface area (Å²) >= 11 is 0. The third-order valence-corrected chi connectivity index (χ3v) is 6.11. The lowest BCUT2D eigenvalue weighted by Crippen LogP contribution is -2.46. The Morgan fingerprint density at radius 2 is 2.00 bits per heavy atom. The Morgan fingerprint density at radius 3 is 2.50 bits per heavy atom. The van der Waals surface area contributed by atoms with Crippen molar-refractivity contribution >= 4 is 10.0 Å². The van der Waals surface area contributed by atoms with E-state index >= 15 is 0 Å². The van der Waals surface area contributed by atoms with Gasteiger partial charge in [-0.3, -0.25) is 0 Å². The molecule has 0 aromatic rings. The third-order valence-electron chi connectivity index (χ3n) is 3.85. The molecular formula is C11H22N2O2S. The summed E-state index contributed by atoms with van der Waals surface area (Å²) in [5, 5.41) is 2.97. The third kappa shape index (κ3) is 2.57. The number of hydrogen-bond acceptors (Lipinski definition) is 3. The molecule has 4 nitrogen and oxygen atoms in total. The first-order chi connectivity index (χ1) is 7.60. The molecule has 1 heterocycles. The van der Waals surface area contributed by atoms with Gasteiger partial charge in [-0.2, -0.15) is 0 Å². The Balaban J connectivity index is 1.93. The van der Waals surface area contributed by atoms with Gasteiger partial charge in [0.25, 0.3) is 0 Å². The highest BCUT2D eigenvalue weighted by Gasteiger charge is 2.32. The van der Waals surface area contributed by atoms with Crippen LogP contribution in [-0.4, -0.2) is 44.7 Å². The van der Waals surface area contributed by atoms with Crippen LogP contribution in [0.3, 0.4) is 0 Å². The number of rotatable bonds is 4. The maximum absolute atomic E-state index is 12.2. The Morgan fingerprint density at radius 1 is 1.25 bits per heavy atom. The molecule has 1 unspecified atom stereocenters. The molecule has 1 aliphatic carbocycles. The number of hydrogen-bond donors (Lipinski definition) is 1. The van der Waals surface area contributed by atoms with Crippen molar-refractivity contribution in [2.75, 3.05) is 26.7 Å². The summed E-state index contributed by atoms with van der Waals surface area (Å²) in [7, 11) is -1.32. The number of nitrogens with zero attached hydrogens (tertiary/aromatic N) is 1. The van der Waals surface area contributed by atoms with Crippen molar-refractivity contribution in [2.24, 2.45) is 5.92 Å². The van der Waals surface area contributed by atoms with Crippen molar-refractivity contribution in [3.8, 4) is 0 Å². The normalized spacial score (nSPS) is 28.0. The predicted octanol–water partition coefficient (Wildman–Crippen LogP) is 0.800. The fraction of sp³-hybridized carbons (Fsp3) is 1.00. The Bertz CT molecular complexity index is 319. The van der Waals surface area contributed by atoms with Gasteiger partial charge in [0.15, 0.2) is 0 Å². The van der Waals surface area contributed by atoms with Crippen molar-refractivity contribution in [1.29, 1.82) is 0 Å². The van der Waals surface area contributed by atoms with Gasteiger partial charge in [0.2, 0.25) is 10.0 Å². The second-order valence-corrected chi connectivity index (χ2v) is 7.41. The van der Waals surface area contributed by atoms with Crippen LogP contribution in [0.2, 0.25) is 0 Å². The van der Waals surface area contributed by atoms with E-state index in [-0.39, 0.29) is 5.25 Å². The smallest absolute Gasteiger partial charge is 0.217 e. The molecule has 1 atom stereocenters. The zero-order valence-electron chi connectivity index (χ0n) is 9.98. The van der Waals surface area contributed by atoms with Crippen LogP contribution in [0.15, 0.2) is 0 Å². The monoisotopic (exact) mass is 246 g/mol. The van der Waals surface area contributed by atoms with E-state index in [9.17, 15) is 8.42 Å². The Kier molecular flexibility index (Phi) is 3.87. The molecule has 1 aliphatic heterocycles. The van der Waals surface area contributed by atoms with Gasteiger partial charge in [-0.15, -0.1) is 0 Å². The quantitative estimate of drug-likeness (QED) is 0.798. The maximum Gasteiger partial charge on any atom is 0.217 e. The predicted molar refractivity (Wildman–Crippen MR) is 64.8 cm³/mol. The molecule has 0 spiro atoms. The highest BCUT2D eigenvalue weighted by Crippen LogP contribution is 2.28. The second kappa shape index (κ2) is 5.02. The molecule has 2 rings (SSSR count). The lowest BCUT2D eigenvalue weighted by molar-refractivity contribution is 0.260. The van der Waals surface area contributed by atoms with Crippen molar-refractivity contribution in [3.63, 3.8) is 0 Å². The van der Waals surface area contributed by atoms with Crippen molar-refractivity contribution in [2.45, 2.75) is 37.4 Å². The molecule has 94 valence electrons. The van der Waals surface area contributed by atoms with Gasteiger partial charge in [-0.25, -0.2) is 12.7 Å². The van der Waals surface area contributed by atoms with Gasteiger partial charge in [0.05, 0.1) is 5.25 Å². The summed E-state index contributed by atoms with van der Waals surface area (Å²) in [5.74, 6) is 0.608. The zero-order valence-corrected chi connectivity index (χ0v) is 10.8. The molecule has 1 saturated heterocycles. The van der Waals surface area contributed by atoms with Crippen LogP contribution in [0.1, 0.15) is 32.1 Å². The summed E-state index contributed by atoms with van der Waals surface area (Å²) in [5.41, 5.74) is 0. The van der Waals surface area contributed by atoms with E-state index < -0.39 is 10.0 Å². The minimum Gasteiger partial charge on any atom is -0.315 e. The summed E-state index contributed by atoms with van der Waals surface area (Å²) in [6, 6.07) is 0. The maximum atomic E-state index is 12.2. The van der Waals surface area contributed by atoms with Gasteiger partial charge in [-0.1, -0.05) is 6.42 Å². The largest absolute Gasteiger partial charge is 0.315 e. The Hall–Kier alpha value is -0.130. The lowest BCUT2D eigenvalue weighted by atomic mass is 9.86. The molecule has 1 saturated carbocycles. The minimum atomic E-state index is -3.06. The molecular weight excluding hydrogens is 224 g/mol. The summed E-state index contributed by atoms with van der Waals surface area (Å²) in [4.78, 5) is 0. The standard InChI is InChI=1S/C11H22N2O2S/c1-13(9-10-4-2-5-10)16(14,15)11-6-3-7-12-8-11/h10-12H,2-9H2,1H3. The number of piperidine rings is 1. The van der Waals surface area contributed by atoms with Crippen LogP contribution < -0.4 is 5.32 Å². The van der Waals surface area contributed by atoms with Gasteiger partial charge >= 0.3 is 0 Å². The average molecular weight is 246 g/mol. The SMILES string of the molecule is CN(CC1CCC1)S(=O)(=O)C1CCCNC1. The first-order valence-electron chi connectivity index (χ1n) is 6.26. The second-order valence-electron chi connectivity index (χ2n) is 5.09. The summed E-state index contributed by atoms with van der Waals surface area (Å²) in [6.45, 7) is 2.30. The van der Waals surface area contributed by atoms with Crippen LogP contribution in [0.25, 0.3) is 0 Å². The minimum absolute atomic E-state index is 0.202. The molecule has 5 heteroatoms. The fourth-order valence-electron chi connectivity index (χ4n) is 2.47. The van der Waals surface area contributed by atoms with Crippen LogP contribution in [0, 0.1) is 5.92 Å². The number of nitrogens with one attached hydrogen (secondary N) is 1. The van der Waals surface area contributed by atoms with Gasteiger partial charge < -0.3 is 5.32 Å². The molecule has 0 amide bonds. The molecule has 0 bridgehead atoms. The van der Waals surface area contributed by atoms with E-state index in [1.54, 1.807) is 11.4 Å². The lowest BCUT2D eigenvalue weighted by Gasteiger charge is -2.33. The van der Waals surface area contributed by atoms with Crippen molar-refractivity contribution in [1.82, 2.24) is 9.62 Å². The molecule has 0 aromatic heterocycles. The van der Waals surface area contributed by atoms with Crippen LogP contribution in [-0.2, 0) is 10.0 Å². The average Bonchev–Trinajstić information content (AvgIpc) is 2.24. The van der Waals surface area contributed by atoms with Crippen LogP contribution in [0.5, 0.6) is 0 Å². The van der Waals surface area contributed by atoms with Crippen LogP contribution in [0.4, 0.5) is 0 Å². The summed E-state index contributed by atoms with van der Waals surface area (Å²) in [6.07, 6.45) is 5.45. The first kappa shape index (κ1) is 12.3. The Labute approximate surface area is 98.4 Å². The van der Waals surface area contributed by atoms with Gasteiger partial charge in [0, 0.05) is 20.1 Å². The molecule has 2 fully saturated rings. The van der Waals surface area contributed by atoms with E-state index in [4.69, 9.17) is 0 Å². The van der Waals surface area contributed by atoms with Crippen molar-refractivity contribution in [3.05, 3.63) is 0 Å². The highest BCUT2D eigenvalue weighted by molar-refractivity contribution is 7.89. The van der Waals surface area contributed by atoms with Gasteiger partial charge in [-0.05, 0) is 38.1 Å². The topological polar surface area (TPSA) is 49.4 Å². The molecule has 0 aromatic carbocycles. The molecule has 0 radical (unpaired) electrons. The van der Waals surface area contributed by atoms with E-state index in [0.717, 1.165) is 25.9 Å². The molecule has 2 aliphatic rings.